The summed E-state index contributed by atoms with van der Waals surface area (Å²) in [4.78, 5) is 15.7. The number of sulfone groups is 1. The van der Waals surface area contributed by atoms with Crippen molar-refractivity contribution in [2.45, 2.75) is 11.8 Å². The van der Waals surface area contributed by atoms with Crippen molar-refractivity contribution in [3.8, 4) is 0 Å². The summed E-state index contributed by atoms with van der Waals surface area (Å²) in [6.45, 7) is 2.90. The third kappa shape index (κ3) is 5.74. The van der Waals surface area contributed by atoms with Crippen LogP contribution >= 0.6 is 11.8 Å². The van der Waals surface area contributed by atoms with Gasteiger partial charge in [-0.3, -0.25) is 4.79 Å². The minimum atomic E-state index is -2.91. The predicted molar refractivity (Wildman–Crippen MR) is 112 cm³/mol. The number of hydrogen-bond donors (Lipinski definition) is 1. The van der Waals surface area contributed by atoms with Crippen LogP contribution < -0.4 is 10.2 Å². The third-order valence-electron chi connectivity index (χ3n) is 4.51. The lowest BCUT2D eigenvalue weighted by Gasteiger charge is -2.29. The molecule has 1 N–H and O–H groups in total. The van der Waals surface area contributed by atoms with E-state index in [9.17, 15) is 13.2 Å². The average molecular weight is 405 g/mol. The zero-order chi connectivity index (χ0) is 19.3. The van der Waals surface area contributed by atoms with Crippen LogP contribution in [0.4, 0.5) is 11.4 Å². The van der Waals surface area contributed by atoms with Crippen molar-refractivity contribution in [3.05, 3.63) is 54.6 Å². The van der Waals surface area contributed by atoms with E-state index in [1.54, 1.807) is 11.8 Å². The molecule has 0 aromatic heterocycles. The molecule has 0 saturated carbocycles. The molecule has 5 nitrogen and oxygen atoms in total. The Balaban J connectivity index is 1.56. The van der Waals surface area contributed by atoms with Gasteiger partial charge in [0.25, 0.3) is 0 Å². The topological polar surface area (TPSA) is 66.5 Å². The Labute approximate surface area is 165 Å². The second-order valence-electron chi connectivity index (χ2n) is 6.70. The van der Waals surface area contributed by atoms with E-state index in [1.165, 1.54) is 0 Å². The SMILES string of the molecule is CC(CSc1ccccc1)C(=O)Nc1cccc(N2CCS(=O)(=O)CC2)c1. The number of anilines is 2. The van der Waals surface area contributed by atoms with Gasteiger partial charge in [0, 0.05) is 41.0 Å². The van der Waals surface area contributed by atoms with Crippen LogP contribution in [-0.2, 0) is 14.6 Å². The smallest absolute Gasteiger partial charge is 0.228 e. The Morgan fingerprint density at radius 3 is 2.52 bits per heavy atom. The molecule has 1 saturated heterocycles. The summed E-state index contributed by atoms with van der Waals surface area (Å²) in [5.41, 5.74) is 1.68. The summed E-state index contributed by atoms with van der Waals surface area (Å²) in [6, 6.07) is 17.6. The fourth-order valence-corrected chi connectivity index (χ4v) is 4.97. The lowest BCUT2D eigenvalue weighted by atomic mass is 10.2. The molecule has 0 aliphatic carbocycles. The van der Waals surface area contributed by atoms with Gasteiger partial charge < -0.3 is 10.2 Å². The Morgan fingerprint density at radius 1 is 1.11 bits per heavy atom. The number of carbonyl (C=O) groups excluding carboxylic acids is 1. The first-order valence-corrected chi connectivity index (χ1v) is 11.8. The van der Waals surface area contributed by atoms with Crippen LogP contribution in [-0.4, -0.2) is 44.7 Å². The van der Waals surface area contributed by atoms with Crippen molar-refractivity contribution in [1.82, 2.24) is 0 Å². The molecule has 2 aromatic rings. The Hall–Kier alpha value is -1.99. The van der Waals surface area contributed by atoms with Crippen LogP contribution in [0.25, 0.3) is 0 Å². The van der Waals surface area contributed by atoms with Gasteiger partial charge in [0.05, 0.1) is 11.5 Å². The van der Waals surface area contributed by atoms with Crippen molar-refractivity contribution in [2.75, 3.05) is 40.6 Å². The second-order valence-corrected chi connectivity index (χ2v) is 10.1. The average Bonchev–Trinajstić information content (AvgIpc) is 2.67. The lowest BCUT2D eigenvalue weighted by Crippen LogP contribution is -2.40. The van der Waals surface area contributed by atoms with E-state index in [4.69, 9.17) is 0 Å². The maximum Gasteiger partial charge on any atom is 0.228 e. The maximum atomic E-state index is 12.5. The quantitative estimate of drug-likeness (QED) is 0.749. The van der Waals surface area contributed by atoms with E-state index < -0.39 is 9.84 Å². The fourth-order valence-electron chi connectivity index (χ4n) is 2.83. The van der Waals surface area contributed by atoms with Crippen LogP contribution in [0.15, 0.2) is 59.5 Å². The van der Waals surface area contributed by atoms with Crippen LogP contribution in [0.2, 0.25) is 0 Å². The van der Waals surface area contributed by atoms with E-state index in [-0.39, 0.29) is 23.3 Å². The molecule has 1 atom stereocenters. The highest BCUT2D eigenvalue weighted by molar-refractivity contribution is 7.99. The Kier molecular flexibility index (Phi) is 6.44. The number of nitrogens with zero attached hydrogens (tertiary/aromatic N) is 1. The minimum Gasteiger partial charge on any atom is -0.369 e. The molecule has 0 radical (unpaired) electrons. The Morgan fingerprint density at radius 2 is 1.81 bits per heavy atom. The van der Waals surface area contributed by atoms with E-state index in [0.29, 0.717) is 18.8 Å². The molecular weight excluding hydrogens is 380 g/mol. The van der Waals surface area contributed by atoms with Crippen molar-refractivity contribution in [1.29, 1.82) is 0 Å². The molecule has 1 aliphatic heterocycles. The zero-order valence-electron chi connectivity index (χ0n) is 15.3. The van der Waals surface area contributed by atoms with E-state index in [1.807, 2.05) is 66.4 Å². The van der Waals surface area contributed by atoms with Gasteiger partial charge in [0.15, 0.2) is 9.84 Å². The van der Waals surface area contributed by atoms with Gasteiger partial charge in [-0.25, -0.2) is 8.42 Å². The first kappa shape index (κ1) is 19.8. The number of rotatable bonds is 6. The first-order chi connectivity index (χ1) is 12.9. The van der Waals surface area contributed by atoms with Crippen LogP contribution in [0.5, 0.6) is 0 Å². The minimum absolute atomic E-state index is 0.0168. The molecule has 3 rings (SSSR count). The molecule has 1 unspecified atom stereocenters. The fraction of sp³-hybridized carbons (Fsp3) is 0.350. The molecule has 144 valence electrons. The molecule has 27 heavy (non-hydrogen) atoms. The molecule has 2 aromatic carbocycles. The van der Waals surface area contributed by atoms with Crippen molar-refractivity contribution in [2.24, 2.45) is 5.92 Å². The number of hydrogen-bond acceptors (Lipinski definition) is 5. The van der Waals surface area contributed by atoms with Gasteiger partial charge in [-0.2, -0.15) is 0 Å². The maximum absolute atomic E-state index is 12.5. The number of thioether (sulfide) groups is 1. The highest BCUT2D eigenvalue weighted by atomic mass is 32.2. The standard InChI is InChI=1S/C20H24N2O3S2/c1-16(15-26-19-8-3-2-4-9-19)20(23)21-17-6-5-7-18(14-17)22-10-12-27(24,25)13-11-22/h2-9,14,16H,10-13,15H2,1H3,(H,21,23). The van der Waals surface area contributed by atoms with Gasteiger partial charge in [-0.15, -0.1) is 11.8 Å². The molecule has 0 bridgehead atoms. The molecule has 1 aliphatic rings. The number of amides is 1. The van der Waals surface area contributed by atoms with E-state index in [0.717, 1.165) is 16.3 Å². The molecular formula is C20H24N2O3S2. The van der Waals surface area contributed by atoms with E-state index in [2.05, 4.69) is 5.32 Å². The zero-order valence-corrected chi connectivity index (χ0v) is 16.9. The van der Waals surface area contributed by atoms with E-state index >= 15 is 0 Å². The van der Waals surface area contributed by atoms with Gasteiger partial charge in [0.1, 0.15) is 0 Å². The monoisotopic (exact) mass is 404 g/mol. The summed E-state index contributed by atoms with van der Waals surface area (Å²) in [5.74, 6) is 0.921. The second kappa shape index (κ2) is 8.80. The molecule has 1 fully saturated rings. The van der Waals surface area contributed by atoms with Gasteiger partial charge in [-0.05, 0) is 30.3 Å². The van der Waals surface area contributed by atoms with Crippen LogP contribution in [0.3, 0.4) is 0 Å². The summed E-state index contributed by atoms with van der Waals surface area (Å²) in [5, 5.41) is 2.98. The van der Waals surface area contributed by atoms with Crippen molar-refractivity contribution >= 4 is 38.9 Å². The summed E-state index contributed by atoms with van der Waals surface area (Å²) in [7, 11) is -2.91. The highest BCUT2D eigenvalue weighted by Crippen LogP contribution is 2.23. The molecule has 0 spiro atoms. The Bertz CT molecular complexity index is 871. The number of carbonyl (C=O) groups is 1. The summed E-state index contributed by atoms with van der Waals surface area (Å²) in [6.07, 6.45) is 0. The number of benzene rings is 2. The summed E-state index contributed by atoms with van der Waals surface area (Å²) < 4.78 is 23.2. The lowest BCUT2D eigenvalue weighted by molar-refractivity contribution is -0.118. The first-order valence-electron chi connectivity index (χ1n) is 8.97. The molecule has 1 amide bonds. The van der Waals surface area contributed by atoms with Crippen molar-refractivity contribution < 1.29 is 13.2 Å². The van der Waals surface area contributed by atoms with Gasteiger partial charge >= 0.3 is 0 Å². The van der Waals surface area contributed by atoms with Gasteiger partial charge in [0.2, 0.25) is 5.91 Å². The predicted octanol–water partition coefficient (Wildman–Crippen LogP) is 3.29. The highest BCUT2D eigenvalue weighted by Gasteiger charge is 2.22. The number of nitrogens with one attached hydrogen (secondary N) is 1. The molecule has 7 heteroatoms. The normalized spacial score (nSPS) is 17.3. The summed E-state index contributed by atoms with van der Waals surface area (Å²) >= 11 is 1.67. The largest absolute Gasteiger partial charge is 0.369 e. The van der Waals surface area contributed by atoms with Crippen LogP contribution in [0.1, 0.15) is 6.92 Å². The van der Waals surface area contributed by atoms with Crippen molar-refractivity contribution in [3.63, 3.8) is 0 Å². The third-order valence-corrected chi connectivity index (χ3v) is 7.40. The van der Waals surface area contributed by atoms with Gasteiger partial charge in [-0.1, -0.05) is 31.2 Å². The molecule has 1 heterocycles. The van der Waals surface area contributed by atoms with Crippen LogP contribution in [0, 0.1) is 5.92 Å².